The number of allylic oxidation sites excluding steroid dienone is 1. The largest absolute Gasteiger partial charge is 0.485 e. The number of fused-ring (bicyclic) bond motifs is 3. The monoisotopic (exact) mass is 502 g/mol. The number of carbonyl (C=O) groups is 1. The van der Waals surface area contributed by atoms with E-state index in [2.05, 4.69) is 9.97 Å². The van der Waals surface area contributed by atoms with Crippen molar-refractivity contribution in [2.24, 2.45) is 0 Å². The van der Waals surface area contributed by atoms with Gasteiger partial charge in [-0.1, -0.05) is 11.6 Å². The zero-order valence-electron chi connectivity index (χ0n) is 21.0. The predicted octanol–water partition coefficient (Wildman–Crippen LogP) is 4.27. The van der Waals surface area contributed by atoms with E-state index >= 15 is 0 Å². The molecule has 182 valence electrons. The highest BCUT2D eigenvalue weighted by atomic mass is 35.5. The van der Waals surface area contributed by atoms with Crippen LogP contribution in [0, 0.1) is 11.6 Å². The summed E-state index contributed by atoms with van der Waals surface area (Å²) in [7, 11) is 3.55. The van der Waals surface area contributed by atoms with Gasteiger partial charge in [0.15, 0.2) is 5.82 Å². The van der Waals surface area contributed by atoms with Gasteiger partial charge in [-0.05, 0) is 37.3 Å². The van der Waals surface area contributed by atoms with Crippen molar-refractivity contribution in [2.45, 2.75) is 32.2 Å². The van der Waals surface area contributed by atoms with Crippen LogP contribution in [0.1, 0.15) is 43.0 Å². The average molecular weight is 503 g/mol. The molecule has 1 aliphatic rings. The minimum Gasteiger partial charge on any atom is -0.485 e. The lowest BCUT2D eigenvalue weighted by Gasteiger charge is -2.21. The molecule has 4 rings (SSSR count). The van der Waals surface area contributed by atoms with E-state index in [4.69, 9.17) is 19.1 Å². The van der Waals surface area contributed by atoms with Gasteiger partial charge in [-0.25, -0.2) is 8.78 Å². The normalized spacial score (nSPS) is 14.3. The molecule has 4 heterocycles. The summed E-state index contributed by atoms with van der Waals surface area (Å²) in [6.45, 7) is -2.85. The van der Waals surface area contributed by atoms with E-state index < -0.39 is 34.5 Å². The molecule has 0 radical (unpaired) electrons. The molecule has 0 aromatic carbocycles. The minimum absolute atomic E-state index is 0.140. The molecule has 0 saturated carbocycles. The first-order valence-corrected chi connectivity index (χ1v) is 11.2. The highest BCUT2D eigenvalue weighted by molar-refractivity contribution is 6.31. The molecule has 10 heteroatoms. The molecule has 0 aliphatic carbocycles. The third kappa shape index (κ3) is 5.40. The fourth-order valence-electron chi connectivity index (χ4n) is 3.66. The Hall–Kier alpha value is -3.59. The van der Waals surface area contributed by atoms with Crippen molar-refractivity contribution in [2.75, 3.05) is 14.1 Å². The van der Waals surface area contributed by atoms with Crippen LogP contribution in [0.2, 0.25) is 5.02 Å². The van der Waals surface area contributed by atoms with Crippen molar-refractivity contribution in [1.82, 2.24) is 19.4 Å². The Morgan fingerprint density at radius 2 is 2.00 bits per heavy atom. The van der Waals surface area contributed by atoms with E-state index in [9.17, 15) is 18.4 Å². The van der Waals surface area contributed by atoms with E-state index in [1.807, 2.05) is 0 Å². The first-order chi connectivity index (χ1) is 17.5. The van der Waals surface area contributed by atoms with Crippen LogP contribution < -0.4 is 10.3 Å². The lowest BCUT2D eigenvalue weighted by atomic mass is 10.0. The number of pyridine rings is 3. The molecule has 0 fully saturated rings. The SMILES string of the molecule is [2H]C([2H])(Oc1cc2n(c(=O)c1Cl)-c1cc(C(=O)/C=C\N(C)C)ncc1CCCC2)c1ncc(F)cc1F. The van der Waals surface area contributed by atoms with Crippen molar-refractivity contribution >= 4 is 17.4 Å². The second kappa shape index (κ2) is 10.4. The number of carbonyl (C=O) groups excluding carboxylic acids is 1. The van der Waals surface area contributed by atoms with Gasteiger partial charge in [0.1, 0.15) is 34.5 Å². The van der Waals surface area contributed by atoms with E-state index in [1.54, 1.807) is 31.4 Å². The summed E-state index contributed by atoms with van der Waals surface area (Å²) in [5.41, 5.74) is 0.298. The second-order valence-electron chi connectivity index (χ2n) is 8.19. The average Bonchev–Trinajstić information content (AvgIpc) is 2.81. The van der Waals surface area contributed by atoms with Crippen LogP contribution in [0.15, 0.2) is 47.7 Å². The molecule has 0 atom stereocenters. The summed E-state index contributed by atoms with van der Waals surface area (Å²) in [6.07, 6.45) is 7.73. The number of hydrogen-bond donors (Lipinski definition) is 0. The standard InChI is InChI=1S/C25H23ClF2N4O3/c1-31(2)8-7-22(33)19-11-21-15(12-29-19)5-3-4-6-17-10-23(24(26)25(34)32(17)21)35-14-20-18(28)9-16(27)13-30-20/h7-13H,3-6,14H2,1-2H3/b8-7-/i14D2. The predicted molar refractivity (Wildman–Crippen MR) is 127 cm³/mol. The van der Waals surface area contributed by atoms with Gasteiger partial charge in [-0.2, -0.15) is 0 Å². The van der Waals surface area contributed by atoms with Crippen LogP contribution in [0.4, 0.5) is 8.78 Å². The van der Waals surface area contributed by atoms with Crippen LogP contribution in [-0.2, 0) is 19.4 Å². The fourth-order valence-corrected chi connectivity index (χ4v) is 3.84. The maximum Gasteiger partial charge on any atom is 0.277 e. The Bertz CT molecular complexity index is 1460. The second-order valence-corrected chi connectivity index (χ2v) is 8.57. The lowest BCUT2D eigenvalue weighted by Crippen LogP contribution is -2.26. The molecule has 35 heavy (non-hydrogen) atoms. The van der Waals surface area contributed by atoms with Crippen LogP contribution >= 0.6 is 11.6 Å². The van der Waals surface area contributed by atoms with Gasteiger partial charge in [0.2, 0.25) is 5.78 Å². The van der Waals surface area contributed by atoms with Crippen molar-refractivity contribution in [3.63, 3.8) is 0 Å². The van der Waals surface area contributed by atoms with Gasteiger partial charge in [-0.15, -0.1) is 0 Å². The molecular weight excluding hydrogens is 478 g/mol. The number of hydrogen-bond acceptors (Lipinski definition) is 6. The van der Waals surface area contributed by atoms with Crippen molar-refractivity contribution < 1.29 is 21.1 Å². The molecule has 0 unspecified atom stereocenters. The quantitative estimate of drug-likeness (QED) is 0.370. The summed E-state index contributed by atoms with van der Waals surface area (Å²) in [5, 5.41) is -0.445. The highest BCUT2D eigenvalue weighted by Gasteiger charge is 2.21. The van der Waals surface area contributed by atoms with Crippen molar-refractivity contribution in [1.29, 1.82) is 0 Å². The number of aryl methyl sites for hydroxylation is 2. The topological polar surface area (TPSA) is 77.3 Å². The smallest absolute Gasteiger partial charge is 0.277 e. The van der Waals surface area contributed by atoms with Crippen molar-refractivity contribution in [3.8, 4) is 11.4 Å². The maximum absolute atomic E-state index is 14.2. The zero-order chi connectivity index (χ0) is 26.9. The van der Waals surface area contributed by atoms with Gasteiger partial charge in [-0.3, -0.25) is 24.1 Å². The van der Waals surface area contributed by atoms with Crippen LogP contribution in [0.5, 0.6) is 5.75 Å². The highest BCUT2D eigenvalue weighted by Crippen LogP contribution is 2.29. The fraction of sp³-hybridized carbons (Fsp3) is 0.280. The Labute approximate surface area is 208 Å². The summed E-state index contributed by atoms with van der Waals surface area (Å²) in [4.78, 5) is 35.5. The number of rotatable bonds is 6. The van der Waals surface area contributed by atoms with E-state index in [0.717, 1.165) is 12.0 Å². The van der Waals surface area contributed by atoms with E-state index in [-0.39, 0.29) is 17.2 Å². The molecule has 0 bridgehead atoms. The molecule has 0 N–H and O–H groups in total. The summed E-state index contributed by atoms with van der Waals surface area (Å²) in [6, 6.07) is 3.42. The van der Waals surface area contributed by atoms with Crippen molar-refractivity contribution in [3.05, 3.63) is 92.5 Å². The molecule has 0 amide bonds. The number of aromatic nitrogens is 3. The first-order valence-electron chi connectivity index (χ1n) is 11.8. The van der Waals surface area contributed by atoms with Crippen LogP contribution in [-0.4, -0.2) is 39.3 Å². The third-order valence-electron chi connectivity index (χ3n) is 5.37. The van der Waals surface area contributed by atoms with Crippen LogP contribution in [0.25, 0.3) is 5.69 Å². The molecule has 1 aliphatic heterocycles. The minimum atomic E-state index is -2.85. The molecule has 0 spiro atoms. The molecular formula is C25H23ClF2N4O3. The van der Waals surface area contributed by atoms with Gasteiger partial charge in [0.05, 0.1) is 14.6 Å². The lowest BCUT2D eigenvalue weighted by molar-refractivity contribution is 0.104. The van der Waals surface area contributed by atoms with Gasteiger partial charge >= 0.3 is 0 Å². The van der Waals surface area contributed by atoms with E-state index in [0.29, 0.717) is 42.9 Å². The molecule has 3 aromatic rings. The molecule has 0 saturated heterocycles. The van der Waals surface area contributed by atoms with Gasteiger partial charge in [0, 0.05) is 50.4 Å². The summed E-state index contributed by atoms with van der Waals surface area (Å²) in [5.74, 6) is -2.88. The van der Waals surface area contributed by atoms with Crippen LogP contribution in [0.3, 0.4) is 0 Å². The van der Waals surface area contributed by atoms with Gasteiger partial charge in [0.25, 0.3) is 5.56 Å². The summed E-state index contributed by atoms with van der Waals surface area (Å²) < 4.78 is 50.5. The third-order valence-corrected chi connectivity index (χ3v) is 5.71. The Morgan fingerprint density at radius 3 is 2.74 bits per heavy atom. The number of ether oxygens (including phenoxy) is 1. The van der Waals surface area contributed by atoms with Gasteiger partial charge < -0.3 is 9.64 Å². The Balaban J connectivity index is 1.80. The summed E-state index contributed by atoms with van der Waals surface area (Å²) >= 11 is 6.34. The Kier molecular flexibility index (Phi) is 6.48. The maximum atomic E-state index is 14.2. The zero-order valence-corrected chi connectivity index (χ0v) is 19.8. The number of halogens is 3. The number of ketones is 1. The molecule has 3 aromatic heterocycles. The number of nitrogens with zero attached hydrogens (tertiary/aromatic N) is 4. The Morgan fingerprint density at radius 1 is 1.23 bits per heavy atom. The van der Waals surface area contributed by atoms with E-state index in [1.165, 1.54) is 22.8 Å². The first kappa shape index (κ1) is 21.9. The molecule has 7 nitrogen and oxygen atoms in total.